The van der Waals surface area contributed by atoms with Gasteiger partial charge in [-0.05, 0) is 48.4 Å². The Morgan fingerprint density at radius 2 is 1.69 bits per heavy atom. The van der Waals surface area contributed by atoms with E-state index in [1.54, 1.807) is 17.4 Å². The van der Waals surface area contributed by atoms with Crippen LogP contribution in [0.2, 0.25) is 10.0 Å². The van der Waals surface area contributed by atoms with E-state index in [1.807, 2.05) is 24.3 Å². The van der Waals surface area contributed by atoms with Crippen molar-refractivity contribution < 1.29 is 0 Å². The fraction of sp³-hybridized carbons (Fsp3) is 0.292. The molecule has 0 N–H and O–H groups in total. The third kappa shape index (κ3) is 4.51. The van der Waals surface area contributed by atoms with Crippen LogP contribution >= 0.6 is 50.5 Å². The molecule has 0 aliphatic carbocycles. The Hall–Kier alpha value is -1.73. The number of imidazole rings is 1. The van der Waals surface area contributed by atoms with Gasteiger partial charge in [0.2, 0.25) is 0 Å². The zero-order valence-corrected chi connectivity index (χ0v) is 22.4. The molecule has 0 fully saturated rings. The third-order valence-electron chi connectivity index (χ3n) is 4.99. The van der Waals surface area contributed by atoms with Gasteiger partial charge < -0.3 is 0 Å². The highest BCUT2D eigenvalue weighted by Crippen LogP contribution is 2.40. The minimum Gasteiger partial charge on any atom is -0.296 e. The maximum Gasteiger partial charge on any atom is 0.168 e. The molecule has 0 aliphatic heterocycles. The molecular weight excluding hydrogens is 527 g/mol. The van der Waals surface area contributed by atoms with Crippen molar-refractivity contribution in [2.75, 3.05) is 0 Å². The van der Waals surface area contributed by atoms with E-state index in [1.165, 1.54) is 0 Å². The van der Waals surface area contributed by atoms with Crippen LogP contribution in [-0.4, -0.2) is 19.7 Å². The minimum absolute atomic E-state index is 0.0789. The van der Waals surface area contributed by atoms with Crippen molar-refractivity contribution in [3.8, 4) is 27.8 Å². The second kappa shape index (κ2) is 8.90. The fourth-order valence-corrected chi connectivity index (χ4v) is 5.10. The largest absolute Gasteiger partial charge is 0.296 e. The van der Waals surface area contributed by atoms with Gasteiger partial charge in [-0.15, -0.1) is 10.2 Å². The minimum atomic E-state index is -0.0789. The van der Waals surface area contributed by atoms with Gasteiger partial charge in [0.05, 0.1) is 10.7 Å². The van der Waals surface area contributed by atoms with E-state index in [-0.39, 0.29) is 11.3 Å². The monoisotopic (exact) mass is 548 g/mol. The average Bonchev–Trinajstić information content (AvgIpc) is 3.33. The average molecular weight is 550 g/mol. The first kappa shape index (κ1) is 23.4. The first-order valence-electron chi connectivity index (χ1n) is 10.2. The molecule has 0 radical (unpaired) electrons. The number of hydrogen-bond acceptors (Lipinski definition) is 4. The number of halogens is 3. The molecule has 0 amide bonds. The van der Waals surface area contributed by atoms with E-state index in [0.717, 1.165) is 43.0 Å². The van der Waals surface area contributed by atoms with E-state index < -0.39 is 0 Å². The van der Waals surface area contributed by atoms with E-state index in [9.17, 15) is 0 Å². The van der Waals surface area contributed by atoms with Crippen LogP contribution in [0.15, 0.2) is 46.9 Å². The summed E-state index contributed by atoms with van der Waals surface area (Å²) in [4.78, 5) is 5.09. The molecule has 0 atom stereocenters. The number of hydrogen-bond donors (Lipinski definition) is 0. The number of benzene rings is 2. The zero-order chi connectivity index (χ0) is 23.2. The predicted octanol–water partition coefficient (Wildman–Crippen LogP) is 8.55. The second-order valence-electron chi connectivity index (χ2n) is 8.92. The summed E-state index contributed by atoms with van der Waals surface area (Å²) in [6, 6.07) is 13.7. The molecule has 0 saturated heterocycles. The standard InChI is InChI=1S/C24H23BrCl2N4S/c1-13(2)20-19(22-29-30-23(32-22)24(3,4)5)28-21(17-11-8-15(26)12-18(17)27)31(20)16-9-6-14(25)7-10-16/h6-13H,1-5H3. The molecule has 166 valence electrons. The van der Waals surface area contributed by atoms with Crippen LogP contribution in [-0.2, 0) is 5.41 Å². The van der Waals surface area contributed by atoms with E-state index in [4.69, 9.17) is 28.2 Å². The summed E-state index contributed by atoms with van der Waals surface area (Å²) in [5, 5.41) is 11.9. The highest BCUT2D eigenvalue weighted by Gasteiger charge is 2.28. The first-order valence-corrected chi connectivity index (χ1v) is 12.6. The molecule has 0 spiro atoms. The Morgan fingerprint density at radius 1 is 1.00 bits per heavy atom. The lowest BCUT2D eigenvalue weighted by Gasteiger charge is -2.16. The summed E-state index contributed by atoms with van der Waals surface area (Å²) >= 11 is 17.9. The maximum absolute atomic E-state index is 6.63. The predicted molar refractivity (Wildman–Crippen MR) is 138 cm³/mol. The fourth-order valence-electron chi connectivity index (χ4n) is 3.45. The maximum atomic E-state index is 6.63. The number of rotatable bonds is 4. The van der Waals surface area contributed by atoms with Crippen LogP contribution in [0.5, 0.6) is 0 Å². The highest BCUT2D eigenvalue weighted by molar-refractivity contribution is 9.10. The summed E-state index contributed by atoms with van der Waals surface area (Å²) in [7, 11) is 0. The summed E-state index contributed by atoms with van der Waals surface area (Å²) in [6.45, 7) is 10.7. The Balaban J connectivity index is 2.03. The van der Waals surface area contributed by atoms with Gasteiger partial charge >= 0.3 is 0 Å². The van der Waals surface area contributed by atoms with Gasteiger partial charge in [-0.1, -0.05) is 85.1 Å². The van der Waals surface area contributed by atoms with Crippen molar-refractivity contribution in [2.24, 2.45) is 0 Å². The van der Waals surface area contributed by atoms with Crippen LogP contribution in [0.3, 0.4) is 0 Å². The van der Waals surface area contributed by atoms with Crippen molar-refractivity contribution in [2.45, 2.75) is 46.0 Å². The summed E-state index contributed by atoms with van der Waals surface area (Å²) < 4.78 is 3.18. The van der Waals surface area contributed by atoms with Gasteiger partial charge in [0.25, 0.3) is 0 Å². The zero-order valence-electron chi connectivity index (χ0n) is 18.4. The molecule has 0 unspecified atom stereocenters. The number of aromatic nitrogens is 4. The van der Waals surface area contributed by atoms with Crippen molar-refractivity contribution in [1.82, 2.24) is 19.7 Å². The van der Waals surface area contributed by atoms with E-state index in [2.05, 4.69) is 77.4 Å². The Bertz CT molecular complexity index is 1270. The molecule has 0 saturated carbocycles. The Kier molecular flexibility index (Phi) is 6.52. The molecule has 0 bridgehead atoms. The quantitative estimate of drug-likeness (QED) is 0.256. The summed E-state index contributed by atoms with van der Waals surface area (Å²) in [5.74, 6) is 0.933. The molecule has 0 aliphatic rings. The lowest BCUT2D eigenvalue weighted by molar-refractivity contribution is 0.578. The molecule has 2 aromatic heterocycles. The van der Waals surface area contributed by atoms with Crippen molar-refractivity contribution in [3.63, 3.8) is 0 Å². The van der Waals surface area contributed by atoms with Crippen LogP contribution < -0.4 is 0 Å². The molecule has 32 heavy (non-hydrogen) atoms. The summed E-state index contributed by atoms with van der Waals surface area (Å²) in [5.41, 5.74) is 3.62. The Morgan fingerprint density at radius 3 is 2.25 bits per heavy atom. The van der Waals surface area contributed by atoms with Crippen LogP contribution in [0, 0.1) is 0 Å². The van der Waals surface area contributed by atoms with Gasteiger partial charge in [0.1, 0.15) is 16.5 Å². The molecule has 4 aromatic rings. The molecular formula is C24H23BrCl2N4S. The van der Waals surface area contributed by atoms with Crippen LogP contribution in [0.4, 0.5) is 0 Å². The smallest absolute Gasteiger partial charge is 0.168 e. The first-order chi connectivity index (χ1) is 15.1. The van der Waals surface area contributed by atoms with Gasteiger partial charge in [0, 0.05) is 26.2 Å². The van der Waals surface area contributed by atoms with E-state index in [0.29, 0.717) is 10.0 Å². The summed E-state index contributed by atoms with van der Waals surface area (Å²) in [6.07, 6.45) is 0. The third-order valence-corrected chi connectivity index (χ3v) is 7.42. The number of nitrogens with zero attached hydrogens (tertiary/aromatic N) is 4. The van der Waals surface area contributed by atoms with E-state index >= 15 is 0 Å². The van der Waals surface area contributed by atoms with Crippen LogP contribution in [0.25, 0.3) is 27.8 Å². The van der Waals surface area contributed by atoms with Crippen molar-refractivity contribution in [3.05, 3.63) is 67.7 Å². The highest BCUT2D eigenvalue weighted by atomic mass is 79.9. The van der Waals surface area contributed by atoms with Crippen LogP contribution in [0.1, 0.15) is 51.2 Å². The SMILES string of the molecule is CC(C)c1c(-c2nnc(C(C)(C)C)s2)nc(-c2ccc(Cl)cc2Cl)n1-c1ccc(Br)cc1. The van der Waals surface area contributed by atoms with Crippen molar-refractivity contribution >= 4 is 50.5 Å². The second-order valence-corrected chi connectivity index (χ2v) is 11.7. The van der Waals surface area contributed by atoms with Gasteiger partial charge in [0.15, 0.2) is 5.01 Å². The van der Waals surface area contributed by atoms with Gasteiger partial charge in [-0.3, -0.25) is 4.57 Å². The van der Waals surface area contributed by atoms with Gasteiger partial charge in [-0.2, -0.15) is 0 Å². The van der Waals surface area contributed by atoms with Crippen molar-refractivity contribution in [1.29, 1.82) is 0 Å². The molecule has 2 aromatic carbocycles. The lowest BCUT2D eigenvalue weighted by Crippen LogP contribution is -2.10. The van der Waals surface area contributed by atoms with Gasteiger partial charge in [-0.25, -0.2) is 4.98 Å². The molecule has 2 heterocycles. The molecule has 8 heteroatoms. The normalized spacial score (nSPS) is 12.0. The molecule has 4 rings (SSSR count). The Labute approximate surface area is 210 Å². The lowest BCUT2D eigenvalue weighted by atomic mass is 9.98. The molecule has 4 nitrogen and oxygen atoms in total. The topological polar surface area (TPSA) is 43.6 Å².